The summed E-state index contributed by atoms with van der Waals surface area (Å²) in [5.41, 5.74) is 1.75. The molecule has 2 aromatic rings. The zero-order chi connectivity index (χ0) is 16.9. The van der Waals surface area contributed by atoms with Crippen molar-refractivity contribution in [3.63, 3.8) is 0 Å². The van der Waals surface area contributed by atoms with Crippen molar-refractivity contribution in [1.82, 2.24) is 9.97 Å². The molecule has 6 nitrogen and oxygen atoms in total. The van der Waals surface area contributed by atoms with Gasteiger partial charge in [0.1, 0.15) is 11.9 Å². The number of nitriles is 1. The van der Waals surface area contributed by atoms with Crippen LogP contribution in [0.2, 0.25) is 0 Å². The van der Waals surface area contributed by atoms with Crippen molar-refractivity contribution in [3.05, 3.63) is 42.1 Å². The molecular formula is C18H22N6. The molecule has 24 heavy (non-hydrogen) atoms. The van der Waals surface area contributed by atoms with Gasteiger partial charge in [-0.3, -0.25) is 0 Å². The second-order valence-corrected chi connectivity index (χ2v) is 6.19. The Hall–Kier alpha value is -2.81. The number of hydrogen-bond donors (Lipinski definition) is 1. The van der Waals surface area contributed by atoms with Crippen LogP contribution in [0.5, 0.6) is 0 Å². The molecule has 1 fully saturated rings. The SMILES string of the molecule is CN(C)c1nccc(NC2CCCN(c3ccccc3C#N)C2)n1. The Morgan fingerprint density at radius 2 is 2.12 bits per heavy atom. The third kappa shape index (κ3) is 3.57. The van der Waals surface area contributed by atoms with Gasteiger partial charge in [0.25, 0.3) is 0 Å². The Morgan fingerprint density at radius 3 is 2.92 bits per heavy atom. The van der Waals surface area contributed by atoms with Crippen molar-refractivity contribution in [2.75, 3.05) is 42.3 Å². The Labute approximate surface area is 142 Å². The van der Waals surface area contributed by atoms with E-state index in [1.165, 1.54) is 0 Å². The summed E-state index contributed by atoms with van der Waals surface area (Å²) in [7, 11) is 3.86. The van der Waals surface area contributed by atoms with Crippen LogP contribution in [-0.4, -0.2) is 43.2 Å². The van der Waals surface area contributed by atoms with Crippen molar-refractivity contribution in [2.24, 2.45) is 0 Å². The molecule has 0 spiro atoms. The van der Waals surface area contributed by atoms with E-state index in [9.17, 15) is 5.26 Å². The van der Waals surface area contributed by atoms with Crippen LogP contribution in [0.4, 0.5) is 17.5 Å². The fourth-order valence-electron chi connectivity index (χ4n) is 3.01. The minimum Gasteiger partial charge on any atom is -0.368 e. The first-order valence-electron chi connectivity index (χ1n) is 8.18. The quantitative estimate of drug-likeness (QED) is 0.933. The van der Waals surface area contributed by atoms with Crippen LogP contribution in [0.3, 0.4) is 0 Å². The highest BCUT2D eigenvalue weighted by molar-refractivity contribution is 5.59. The summed E-state index contributed by atoms with van der Waals surface area (Å²) in [5, 5.41) is 12.8. The van der Waals surface area contributed by atoms with E-state index in [4.69, 9.17) is 0 Å². The number of para-hydroxylation sites is 1. The van der Waals surface area contributed by atoms with Gasteiger partial charge in [-0.1, -0.05) is 12.1 Å². The topological polar surface area (TPSA) is 68.1 Å². The number of nitrogens with zero attached hydrogens (tertiary/aromatic N) is 5. The first-order chi connectivity index (χ1) is 11.7. The van der Waals surface area contributed by atoms with Gasteiger partial charge in [0.2, 0.25) is 5.95 Å². The summed E-state index contributed by atoms with van der Waals surface area (Å²) >= 11 is 0. The number of piperidine rings is 1. The van der Waals surface area contributed by atoms with Crippen molar-refractivity contribution < 1.29 is 0 Å². The molecule has 1 aliphatic heterocycles. The first-order valence-corrected chi connectivity index (χ1v) is 8.18. The largest absolute Gasteiger partial charge is 0.368 e. The minimum absolute atomic E-state index is 0.301. The lowest BCUT2D eigenvalue weighted by Crippen LogP contribution is -2.42. The van der Waals surface area contributed by atoms with Gasteiger partial charge in [0.05, 0.1) is 11.3 Å². The van der Waals surface area contributed by atoms with Crippen molar-refractivity contribution in [3.8, 4) is 6.07 Å². The Morgan fingerprint density at radius 1 is 1.29 bits per heavy atom. The average molecular weight is 322 g/mol. The van der Waals surface area contributed by atoms with E-state index in [1.54, 1.807) is 6.20 Å². The monoisotopic (exact) mass is 322 g/mol. The van der Waals surface area contributed by atoms with Gasteiger partial charge < -0.3 is 15.1 Å². The third-order valence-electron chi connectivity index (χ3n) is 4.18. The number of aromatic nitrogens is 2. The number of benzene rings is 1. The molecule has 0 bridgehead atoms. The summed E-state index contributed by atoms with van der Waals surface area (Å²) in [6.07, 6.45) is 3.95. The fraction of sp³-hybridized carbons (Fsp3) is 0.389. The molecule has 1 atom stereocenters. The summed E-state index contributed by atoms with van der Waals surface area (Å²) in [6.45, 7) is 1.84. The predicted octanol–water partition coefficient (Wildman–Crippen LogP) is 2.50. The summed E-state index contributed by atoms with van der Waals surface area (Å²) in [4.78, 5) is 13.0. The van der Waals surface area contributed by atoms with Crippen LogP contribution in [0.25, 0.3) is 0 Å². The van der Waals surface area contributed by atoms with Crippen LogP contribution in [0.15, 0.2) is 36.5 Å². The van der Waals surface area contributed by atoms with Gasteiger partial charge >= 0.3 is 0 Å². The molecule has 1 unspecified atom stereocenters. The highest BCUT2D eigenvalue weighted by atomic mass is 15.2. The lowest BCUT2D eigenvalue weighted by Gasteiger charge is -2.35. The third-order valence-corrected chi connectivity index (χ3v) is 4.18. The summed E-state index contributed by atoms with van der Waals surface area (Å²) in [5.74, 6) is 1.54. The first kappa shape index (κ1) is 16.1. The molecule has 124 valence electrons. The van der Waals surface area contributed by atoms with Crippen LogP contribution >= 0.6 is 0 Å². The van der Waals surface area contributed by atoms with E-state index in [0.29, 0.717) is 12.0 Å². The van der Waals surface area contributed by atoms with Gasteiger partial charge in [-0.2, -0.15) is 10.2 Å². The average Bonchev–Trinajstić information content (AvgIpc) is 2.62. The van der Waals surface area contributed by atoms with Gasteiger partial charge in [-0.25, -0.2) is 4.98 Å². The van der Waals surface area contributed by atoms with E-state index in [-0.39, 0.29) is 0 Å². The van der Waals surface area contributed by atoms with Crippen molar-refractivity contribution >= 4 is 17.5 Å². The van der Waals surface area contributed by atoms with E-state index < -0.39 is 0 Å². The Balaban J connectivity index is 1.72. The lowest BCUT2D eigenvalue weighted by atomic mass is 10.0. The van der Waals surface area contributed by atoms with Gasteiger partial charge in [0, 0.05) is 39.4 Å². The maximum atomic E-state index is 9.32. The summed E-state index contributed by atoms with van der Waals surface area (Å²) in [6, 6.07) is 12.3. The zero-order valence-electron chi connectivity index (χ0n) is 14.1. The molecule has 0 saturated carbocycles. The molecule has 1 aliphatic rings. The normalized spacial score (nSPS) is 17.2. The highest BCUT2D eigenvalue weighted by Crippen LogP contribution is 2.24. The maximum absolute atomic E-state index is 9.32. The summed E-state index contributed by atoms with van der Waals surface area (Å²) < 4.78 is 0. The number of anilines is 3. The molecule has 0 amide bonds. The van der Waals surface area contributed by atoms with Gasteiger partial charge in [0.15, 0.2) is 0 Å². The van der Waals surface area contributed by atoms with Crippen LogP contribution in [0, 0.1) is 11.3 Å². The number of hydrogen-bond acceptors (Lipinski definition) is 6. The fourth-order valence-corrected chi connectivity index (χ4v) is 3.01. The minimum atomic E-state index is 0.301. The second kappa shape index (κ2) is 7.18. The molecule has 3 rings (SSSR count). The lowest BCUT2D eigenvalue weighted by molar-refractivity contribution is 0.528. The van der Waals surface area contributed by atoms with Crippen molar-refractivity contribution in [1.29, 1.82) is 5.26 Å². The molecule has 6 heteroatoms. The molecule has 1 aromatic carbocycles. The second-order valence-electron chi connectivity index (χ2n) is 6.19. The van der Waals surface area contributed by atoms with Crippen LogP contribution < -0.4 is 15.1 Å². The van der Waals surface area contributed by atoms with E-state index in [2.05, 4.69) is 26.3 Å². The van der Waals surface area contributed by atoms with Gasteiger partial charge in [-0.15, -0.1) is 0 Å². The Bertz CT molecular complexity index is 736. The smallest absolute Gasteiger partial charge is 0.226 e. The van der Waals surface area contributed by atoms with Crippen LogP contribution in [-0.2, 0) is 0 Å². The maximum Gasteiger partial charge on any atom is 0.226 e. The van der Waals surface area contributed by atoms with Crippen LogP contribution in [0.1, 0.15) is 18.4 Å². The predicted molar refractivity (Wildman–Crippen MR) is 96.4 cm³/mol. The zero-order valence-corrected chi connectivity index (χ0v) is 14.1. The standard InChI is InChI=1S/C18H22N6/c1-23(2)18-20-10-9-17(22-18)21-15-7-5-11-24(13-15)16-8-4-3-6-14(16)12-19/h3-4,6,8-10,15H,5,7,11,13H2,1-2H3,(H,20,21,22). The molecule has 0 aliphatic carbocycles. The van der Waals surface area contributed by atoms with Gasteiger partial charge in [-0.05, 0) is 31.0 Å². The molecular weight excluding hydrogens is 300 g/mol. The van der Waals surface area contributed by atoms with E-state index in [0.717, 1.165) is 43.0 Å². The molecule has 1 saturated heterocycles. The molecule has 2 heterocycles. The number of rotatable bonds is 4. The van der Waals surface area contributed by atoms with E-state index >= 15 is 0 Å². The number of nitrogens with one attached hydrogen (secondary N) is 1. The van der Waals surface area contributed by atoms with E-state index in [1.807, 2.05) is 49.3 Å². The Kier molecular flexibility index (Phi) is 4.80. The molecule has 1 N–H and O–H groups in total. The van der Waals surface area contributed by atoms with Crippen molar-refractivity contribution in [2.45, 2.75) is 18.9 Å². The molecule has 0 radical (unpaired) electrons. The molecule has 1 aromatic heterocycles. The highest BCUT2D eigenvalue weighted by Gasteiger charge is 2.22.